The zero-order valence-electron chi connectivity index (χ0n) is 16.5. The lowest BCUT2D eigenvalue weighted by Crippen LogP contribution is -2.49. The normalized spacial score (nSPS) is 13.6. The number of halogens is 2. The van der Waals surface area contributed by atoms with Crippen molar-refractivity contribution < 1.29 is 8.42 Å². The molecule has 9 heteroatoms. The van der Waals surface area contributed by atoms with Crippen molar-refractivity contribution in [1.29, 1.82) is 5.26 Å². The van der Waals surface area contributed by atoms with Crippen LogP contribution in [0.4, 0.5) is 0 Å². The summed E-state index contributed by atoms with van der Waals surface area (Å²) in [5.41, 5.74) is 0.753. The van der Waals surface area contributed by atoms with Gasteiger partial charge in [-0.1, -0.05) is 43.1 Å². The molecule has 0 aliphatic rings. The molecular weight excluding hydrogens is 407 g/mol. The van der Waals surface area contributed by atoms with Gasteiger partial charge in [0.05, 0.1) is 16.1 Å². The van der Waals surface area contributed by atoms with Gasteiger partial charge in [-0.25, -0.2) is 0 Å². The van der Waals surface area contributed by atoms with Gasteiger partial charge in [-0.3, -0.25) is 0 Å². The first kappa shape index (κ1) is 24.2. The Morgan fingerprint density at radius 1 is 1.15 bits per heavy atom. The molecule has 0 fully saturated rings. The van der Waals surface area contributed by atoms with Crippen LogP contribution in [0.25, 0.3) is 0 Å². The number of nitriles is 1. The maximum absolute atomic E-state index is 13.1. The molecule has 0 saturated heterocycles. The van der Waals surface area contributed by atoms with Crippen LogP contribution in [0, 0.1) is 17.2 Å². The SMILES string of the molecule is CC(C)[C@@H](CN(Cc1ccc(Cl)c(Cl)c1)S(=O)(=O)N(C)CCC#N)N(C)C. The lowest BCUT2D eigenvalue weighted by Gasteiger charge is -2.35. The Balaban J connectivity index is 3.21. The zero-order valence-corrected chi connectivity index (χ0v) is 18.8. The monoisotopic (exact) mass is 434 g/mol. The summed E-state index contributed by atoms with van der Waals surface area (Å²) < 4.78 is 28.9. The molecule has 0 aromatic heterocycles. The van der Waals surface area contributed by atoms with E-state index in [0.717, 1.165) is 5.56 Å². The van der Waals surface area contributed by atoms with Crippen molar-refractivity contribution in [3.05, 3.63) is 33.8 Å². The minimum Gasteiger partial charge on any atom is -0.305 e. The van der Waals surface area contributed by atoms with Gasteiger partial charge in [0, 0.05) is 39.1 Å². The molecule has 0 saturated carbocycles. The quantitative estimate of drug-likeness (QED) is 0.565. The Labute approximate surface area is 173 Å². The molecule has 1 aromatic rings. The molecule has 0 heterocycles. The van der Waals surface area contributed by atoms with Gasteiger partial charge in [-0.15, -0.1) is 0 Å². The summed E-state index contributed by atoms with van der Waals surface area (Å²) in [7, 11) is 1.63. The number of likely N-dealkylation sites (N-methyl/N-ethyl adjacent to an activating group) is 1. The van der Waals surface area contributed by atoms with E-state index in [4.69, 9.17) is 28.5 Å². The van der Waals surface area contributed by atoms with E-state index in [-0.39, 0.29) is 31.5 Å². The summed E-state index contributed by atoms with van der Waals surface area (Å²) in [6.07, 6.45) is 0.137. The van der Waals surface area contributed by atoms with Crippen LogP contribution in [-0.4, -0.2) is 62.2 Å². The zero-order chi connectivity index (χ0) is 20.8. The number of hydrogen-bond acceptors (Lipinski definition) is 4. The smallest absolute Gasteiger partial charge is 0.282 e. The highest BCUT2D eigenvalue weighted by molar-refractivity contribution is 7.86. The molecule has 1 rings (SSSR count). The second kappa shape index (κ2) is 10.6. The van der Waals surface area contributed by atoms with Gasteiger partial charge in [0.15, 0.2) is 0 Å². The molecule has 27 heavy (non-hydrogen) atoms. The highest BCUT2D eigenvalue weighted by Gasteiger charge is 2.31. The summed E-state index contributed by atoms with van der Waals surface area (Å²) in [5, 5.41) is 9.60. The standard InChI is InChI=1S/C18H28Cl2N4O2S/c1-14(2)18(22(3)4)13-24(27(25,26)23(5)10-6-9-21)12-15-7-8-16(19)17(20)11-15/h7-8,11,14,18H,6,10,12-13H2,1-5H3/t18-/m1/s1. The third kappa shape index (κ3) is 6.90. The Hall–Kier alpha value is -0.880. The van der Waals surface area contributed by atoms with Gasteiger partial charge >= 0.3 is 0 Å². The molecule has 0 radical (unpaired) electrons. The molecule has 0 bridgehead atoms. The van der Waals surface area contributed by atoms with Crippen LogP contribution in [0.1, 0.15) is 25.8 Å². The maximum atomic E-state index is 13.1. The van der Waals surface area contributed by atoms with Gasteiger partial charge in [-0.05, 0) is 37.7 Å². The van der Waals surface area contributed by atoms with Gasteiger partial charge in [0.2, 0.25) is 0 Å². The predicted octanol–water partition coefficient (Wildman–Crippen LogP) is 3.47. The van der Waals surface area contributed by atoms with E-state index >= 15 is 0 Å². The van der Waals surface area contributed by atoms with Crippen molar-refractivity contribution >= 4 is 33.4 Å². The fourth-order valence-electron chi connectivity index (χ4n) is 2.78. The van der Waals surface area contributed by atoms with E-state index in [1.54, 1.807) is 18.2 Å². The number of hydrogen-bond donors (Lipinski definition) is 0. The molecule has 0 spiro atoms. The summed E-state index contributed by atoms with van der Waals surface area (Å²) in [4.78, 5) is 2.03. The van der Waals surface area contributed by atoms with Crippen LogP contribution in [-0.2, 0) is 16.8 Å². The average Bonchev–Trinajstić information content (AvgIpc) is 2.58. The van der Waals surface area contributed by atoms with E-state index in [2.05, 4.69) is 13.8 Å². The van der Waals surface area contributed by atoms with Gasteiger partial charge in [-0.2, -0.15) is 22.3 Å². The van der Waals surface area contributed by atoms with Crippen LogP contribution in [0.3, 0.4) is 0 Å². The molecule has 0 aliphatic carbocycles. The highest BCUT2D eigenvalue weighted by atomic mass is 35.5. The first-order chi connectivity index (χ1) is 12.5. The fraction of sp³-hybridized carbons (Fsp3) is 0.611. The molecule has 152 valence electrons. The largest absolute Gasteiger partial charge is 0.305 e. The molecule has 0 aliphatic heterocycles. The van der Waals surface area contributed by atoms with Crippen LogP contribution in [0.5, 0.6) is 0 Å². The van der Waals surface area contributed by atoms with Crippen molar-refractivity contribution in [2.24, 2.45) is 5.92 Å². The van der Waals surface area contributed by atoms with Crippen molar-refractivity contribution in [3.63, 3.8) is 0 Å². The first-order valence-corrected chi connectivity index (χ1v) is 10.8. The molecule has 0 amide bonds. The van der Waals surface area contributed by atoms with E-state index in [1.165, 1.54) is 15.7 Å². The average molecular weight is 435 g/mol. The van der Waals surface area contributed by atoms with E-state index < -0.39 is 10.2 Å². The maximum Gasteiger partial charge on any atom is 0.282 e. The Kier molecular flexibility index (Phi) is 9.49. The molecule has 1 aromatic carbocycles. The lowest BCUT2D eigenvalue weighted by molar-refractivity contribution is 0.186. The van der Waals surface area contributed by atoms with Crippen LogP contribution in [0.2, 0.25) is 10.0 Å². The van der Waals surface area contributed by atoms with Crippen molar-refractivity contribution in [2.75, 3.05) is 34.2 Å². The molecular formula is C18H28Cl2N4O2S. The third-order valence-electron chi connectivity index (χ3n) is 4.43. The Morgan fingerprint density at radius 2 is 1.78 bits per heavy atom. The predicted molar refractivity (Wildman–Crippen MR) is 111 cm³/mol. The van der Waals surface area contributed by atoms with Crippen molar-refractivity contribution in [2.45, 2.75) is 32.9 Å². The summed E-state index contributed by atoms with van der Waals surface area (Å²) in [6.45, 7) is 4.77. The number of rotatable bonds is 10. The van der Waals surface area contributed by atoms with E-state index in [0.29, 0.717) is 16.6 Å². The number of benzene rings is 1. The Morgan fingerprint density at radius 3 is 2.26 bits per heavy atom. The molecule has 0 unspecified atom stereocenters. The van der Waals surface area contributed by atoms with Gasteiger partial charge in [0.1, 0.15) is 0 Å². The second-order valence-corrected chi connectivity index (χ2v) is 9.90. The molecule has 6 nitrogen and oxygen atoms in total. The summed E-state index contributed by atoms with van der Waals surface area (Å²) >= 11 is 12.1. The highest BCUT2D eigenvalue weighted by Crippen LogP contribution is 2.25. The van der Waals surface area contributed by atoms with Crippen molar-refractivity contribution in [3.8, 4) is 6.07 Å². The minimum atomic E-state index is -3.74. The first-order valence-electron chi connectivity index (χ1n) is 8.69. The Bertz CT molecular complexity index is 755. The minimum absolute atomic E-state index is 0.0342. The van der Waals surface area contributed by atoms with Crippen molar-refractivity contribution in [1.82, 2.24) is 13.5 Å². The summed E-state index contributed by atoms with van der Waals surface area (Å²) in [5.74, 6) is 0.260. The second-order valence-electron chi connectivity index (χ2n) is 7.05. The van der Waals surface area contributed by atoms with Crippen LogP contribution >= 0.6 is 23.2 Å². The van der Waals surface area contributed by atoms with Gasteiger partial charge < -0.3 is 4.90 Å². The van der Waals surface area contributed by atoms with E-state index in [1.807, 2.05) is 25.1 Å². The topological polar surface area (TPSA) is 67.6 Å². The summed E-state index contributed by atoms with van der Waals surface area (Å²) in [6, 6.07) is 7.13. The van der Waals surface area contributed by atoms with E-state index in [9.17, 15) is 8.42 Å². The number of nitrogens with zero attached hydrogens (tertiary/aromatic N) is 4. The third-order valence-corrected chi connectivity index (χ3v) is 7.07. The lowest BCUT2D eigenvalue weighted by atomic mass is 10.0. The fourth-order valence-corrected chi connectivity index (χ4v) is 4.47. The molecule has 0 N–H and O–H groups in total. The van der Waals surface area contributed by atoms with Gasteiger partial charge in [0.25, 0.3) is 10.2 Å². The van der Waals surface area contributed by atoms with Crippen LogP contribution < -0.4 is 0 Å². The van der Waals surface area contributed by atoms with Crippen LogP contribution in [0.15, 0.2) is 18.2 Å². The molecule has 1 atom stereocenters.